The van der Waals surface area contributed by atoms with Gasteiger partial charge in [0, 0.05) is 14.0 Å². The molecule has 3 aromatic rings. The Bertz CT molecular complexity index is 1480. The van der Waals surface area contributed by atoms with E-state index in [0.29, 0.717) is 11.5 Å². The first kappa shape index (κ1) is 26.1. The van der Waals surface area contributed by atoms with Crippen LogP contribution in [0, 0.1) is 0 Å². The highest BCUT2D eigenvalue weighted by molar-refractivity contribution is 6.38. The van der Waals surface area contributed by atoms with Crippen LogP contribution in [0.1, 0.15) is 17.3 Å². The van der Waals surface area contributed by atoms with Crippen molar-refractivity contribution in [3.8, 4) is 51.7 Å². The first-order valence-corrected chi connectivity index (χ1v) is 9.66. The number of amides is 1. The minimum absolute atomic E-state index is 0.352. The number of carbonyl (C=O) groups excluding carboxylic acids is 1. The molecule has 0 unspecified atom stereocenters. The second-order valence-electron chi connectivity index (χ2n) is 7.45. The summed E-state index contributed by atoms with van der Waals surface area (Å²) in [6.07, 6.45) is 0. The normalized spacial score (nSPS) is 11.6. The van der Waals surface area contributed by atoms with E-state index in [1.165, 1.54) is 0 Å². The summed E-state index contributed by atoms with van der Waals surface area (Å²) >= 11 is 5.96. The summed E-state index contributed by atoms with van der Waals surface area (Å²) in [7, 11) is 0.920. The van der Waals surface area contributed by atoms with Crippen LogP contribution >= 0.6 is 11.6 Å². The lowest BCUT2D eigenvalue weighted by Crippen LogP contribution is -2.51. The number of hydrogen-bond donors (Lipinski definition) is 11. The van der Waals surface area contributed by atoms with Crippen molar-refractivity contribution in [2.24, 2.45) is 7.05 Å². The van der Waals surface area contributed by atoms with Crippen molar-refractivity contribution in [1.29, 1.82) is 0 Å². The van der Waals surface area contributed by atoms with E-state index in [9.17, 15) is 65.9 Å². The number of hydrogen-bond acceptors (Lipinski definition) is 14. The van der Waals surface area contributed by atoms with E-state index >= 15 is 0 Å². The molecule has 0 bridgehead atoms. The van der Waals surface area contributed by atoms with Gasteiger partial charge in [-0.2, -0.15) is 0 Å². The summed E-state index contributed by atoms with van der Waals surface area (Å²) in [4.78, 5) is 30.3. The molecule has 0 fully saturated rings. The third-order valence-electron chi connectivity index (χ3n) is 5.15. The summed E-state index contributed by atoms with van der Waals surface area (Å²) in [5.74, 6) is -17.8. The van der Waals surface area contributed by atoms with E-state index < -0.39 is 96.3 Å². The molecule has 17 heteroatoms. The van der Waals surface area contributed by atoms with Gasteiger partial charge >= 0.3 is 0 Å². The van der Waals surface area contributed by atoms with Gasteiger partial charge in [0.25, 0.3) is 17.4 Å². The molecule has 0 radical (unpaired) electrons. The second-order valence-corrected chi connectivity index (χ2v) is 7.82. The molecule has 0 aliphatic heterocycles. The Balaban J connectivity index is 2.54. The zero-order valence-corrected chi connectivity index (χ0v) is 18.7. The predicted molar refractivity (Wildman–Crippen MR) is 117 cm³/mol. The number of phenols is 8. The lowest BCUT2D eigenvalue weighted by molar-refractivity contribution is -0.140. The van der Waals surface area contributed by atoms with Crippen molar-refractivity contribution < 1.29 is 66.0 Å². The second kappa shape index (κ2) is 8.31. The van der Waals surface area contributed by atoms with Gasteiger partial charge in [-0.3, -0.25) is 9.59 Å². The van der Waals surface area contributed by atoms with Crippen LogP contribution in [0.25, 0.3) is 10.9 Å². The van der Waals surface area contributed by atoms with E-state index in [4.69, 9.17) is 11.6 Å². The Morgan fingerprint density at radius 2 is 1.31 bits per heavy atom. The average Bonchev–Trinajstić information content (AvgIpc) is 2.81. The third kappa shape index (κ3) is 3.43. The van der Waals surface area contributed by atoms with Crippen molar-refractivity contribution in [1.82, 2.24) is 4.57 Å². The SMILES string of the molecule is Cn1c(=O)c(C(=O)N(c2c(O)c(O)c(O)c(O)c2O)C(C)(O)O)c(OO)c2c(Cl)c(O)c(O)c(O)c21. The van der Waals surface area contributed by atoms with Crippen LogP contribution < -0.4 is 15.3 Å². The molecule has 1 aromatic heterocycles. The zero-order chi connectivity index (χ0) is 27.6. The number of pyridine rings is 1. The molecule has 36 heavy (non-hydrogen) atoms. The van der Waals surface area contributed by atoms with Gasteiger partial charge in [-0.25, -0.2) is 10.2 Å². The number of phenolic OH excluding ortho intramolecular Hbond substituents is 8. The maximum atomic E-state index is 13.5. The van der Waals surface area contributed by atoms with Crippen LogP contribution in [-0.4, -0.2) is 72.7 Å². The molecule has 0 aliphatic rings. The van der Waals surface area contributed by atoms with Crippen molar-refractivity contribution >= 4 is 34.1 Å². The number of aliphatic hydroxyl groups is 2. The lowest BCUT2D eigenvalue weighted by atomic mass is 10.1. The summed E-state index contributed by atoms with van der Waals surface area (Å²) in [6.45, 7) is 0.471. The number of rotatable bonds is 4. The maximum absolute atomic E-state index is 13.5. The fourth-order valence-corrected chi connectivity index (χ4v) is 3.74. The monoisotopic (exact) mass is 532 g/mol. The van der Waals surface area contributed by atoms with Gasteiger partial charge in [-0.1, -0.05) is 11.6 Å². The van der Waals surface area contributed by atoms with E-state index in [2.05, 4.69) is 4.89 Å². The summed E-state index contributed by atoms with van der Waals surface area (Å²) in [5.41, 5.74) is -4.92. The molecule has 2 aromatic carbocycles. The Labute approximate surface area is 202 Å². The molecule has 1 heterocycles. The van der Waals surface area contributed by atoms with E-state index in [1.54, 1.807) is 0 Å². The molecule has 3 rings (SSSR count). The number of anilines is 1. The lowest BCUT2D eigenvalue weighted by Gasteiger charge is -2.33. The maximum Gasteiger partial charge on any atom is 0.272 e. The van der Waals surface area contributed by atoms with Gasteiger partial charge in [0.05, 0.1) is 10.4 Å². The molecule has 0 atom stereocenters. The Morgan fingerprint density at radius 3 is 1.75 bits per heavy atom. The molecule has 0 spiro atoms. The molecular weight excluding hydrogens is 516 g/mol. The van der Waals surface area contributed by atoms with Crippen LogP contribution in [0.4, 0.5) is 5.69 Å². The minimum atomic E-state index is -3.46. The van der Waals surface area contributed by atoms with Gasteiger partial charge in [-0.15, -0.1) is 0 Å². The zero-order valence-electron chi connectivity index (χ0n) is 17.9. The molecule has 0 saturated heterocycles. The van der Waals surface area contributed by atoms with Crippen molar-refractivity contribution in [3.05, 3.63) is 20.9 Å². The molecule has 0 aliphatic carbocycles. The highest BCUT2D eigenvalue weighted by atomic mass is 35.5. The number of halogens is 1. The number of aromatic nitrogens is 1. The van der Waals surface area contributed by atoms with Crippen LogP contribution in [-0.2, 0) is 7.05 Å². The standard InChI is InChI=1S/C19H17ClN2O14/c1-19(33,34)22(7-10(25)13(28)15(30)14(29)11(7)26)18(32)4-16(36-35)3-5(20)8(23)12(27)9(24)6(3)21(2)17(4)31/h23-30,33-35H,1-2H3. The molecule has 11 N–H and O–H groups in total. The number of aromatic hydroxyl groups is 8. The quantitative estimate of drug-likeness (QED) is 0.0693. The van der Waals surface area contributed by atoms with E-state index in [1.807, 2.05) is 0 Å². The number of benzene rings is 2. The largest absolute Gasteiger partial charge is 0.503 e. The van der Waals surface area contributed by atoms with Crippen molar-refractivity contribution in [2.75, 3.05) is 4.90 Å². The minimum Gasteiger partial charge on any atom is -0.503 e. The fraction of sp³-hybridized carbons (Fsp3) is 0.158. The third-order valence-corrected chi connectivity index (χ3v) is 5.51. The van der Waals surface area contributed by atoms with Gasteiger partial charge in [0.1, 0.15) is 11.2 Å². The van der Waals surface area contributed by atoms with Crippen LogP contribution in [0.2, 0.25) is 5.02 Å². The predicted octanol–water partition coefficient (Wildman–Crippen LogP) is -0.00640. The van der Waals surface area contributed by atoms with E-state index in [0.717, 1.165) is 7.05 Å². The molecule has 16 nitrogen and oxygen atoms in total. The molecular formula is C19H17ClN2O14. The van der Waals surface area contributed by atoms with Crippen LogP contribution in [0.15, 0.2) is 4.79 Å². The topological polar surface area (TPSA) is 274 Å². The average molecular weight is 533 g/mol. The first-order chi connectivity index (χ1) is 16.5. The van der Waals surface area contributed by atoms with E-state index in [-0.39, 0.29) is 4.90 Å². The highest BCUT2D eigenvalue weighted by Gasteiger charge is 2.43. The van der Waals surface area contributed by atoms with Crippen molar-refractivity contribution in [3.63, 3.8) is 0 Å². The first-order valence-electron chi connectivity index (χ1n) is 9.29. The van der Waals surface area contributed by atoms with Gasteiger partial charge in [0.15, 0.2) is 34.3 Å². The van der Waals surface area contributed by atoms with Crippen LogP contribution in [0.5, 0.6) is 51.7 Å². The number of aryl methyl sites for hydroxylation is 1. The molecule has 0 saturated carbocycles. The highest BCUT2D eigenvalue weighted by Crippen LogP contribution is 2.56. The van der Waals surface area contributed by atoms with Gasteiger partial charge in [-0.05, 0) is 0 Å². The van der Waals surface area contributed by atoms with Crippen molar-refractivity contribution in [2.45, 2.75) is 12.8 Å². The summed E-state index contributed by atoms with van der Waals surface area (Å²) in [5, 5.41) is 108. The Kier molecular flexibility index (Phi) is 6.02. The van der Waals surface area contributed by atoms with Gasteiger partial charge < -0.3 is 60.5 Å². The fourth-order valence-electron chi connectivity index (χ4n) is 3.48. The Hall–Kier alpha value is -4.51. The summed E-state index contributed by atoms with van der Waals surface area (Å²) < 4.78 is 0.473. The summed E-state index contributed by atoms with van der Waals surface area (Å²) in [6, 6.07) is 0. The number of fused-ring (bicyclic) bond motifs is 1. The number of carbonyl (C=O) groups is 1. The van der Waals surface area contributed by atoms with Gasteiger partial charge in [0.2, 0.25) is 23.0 Å². The number of nitrogens with zero attached hydrogens (tertiary/aromatic N) is 2. The molecule has 194 valence electrons. The molecule has 1 amide bonds. The Morgan fingerprint density at radius 1 is 0.861 bits per heavy atom. The van der Waals surface area contributed by atoms with Crippen LogP contribution in [0.3, 0.4) is 0 Å². The smallest absolute Gasteiger partial charge is 0.272 e.